The Morgan fingerprint density at radius 1 is 1.43 bits per heavy atom. The maximum atomic E-state index is 11.1. The van der Waals surface area contributed by atoms with E-state index in [1.54, 1.807) is 0 Å². The van der Waals surface area contributed by atoms with Gasteiger partial charge in [0.15, 0.2) is 0 Å². The first-order chi connectivity index (χ1) is 6.74. The smallest absolute Gasteiger partial charge is 0.224 e. The molecular formula is C12H15NO. The number of hydrogen-bond acceptors (Lipinski definition) is 1. The van der Waals surface area contributed by atoms with Gasteiger partial charge in [0, 0.05) is 0 Å². The Kier molecular flexibility index (Phi) is 3.92. The first kappa shape index (κ1) is 10.5. The Hall–Kier alpha value is -1.57. The van der Waals surface area contributed by atoms with Crippen LogP contribution in [0.4, 0.5) is 0 Å². The third-order valence-corrected chi connectivity index (χ3v) is 2.09. The lowest BCUT2D eigenvalue weighted by molar-refractivity contribution is -0.120. The van der Waals surface area contributed by atoms with Crippen LogP contribution >= 0.6 is 0 Å². The molecule has 0 aliphatic rings. The van der Waals surface area contributed by atoms with Crippen molar-refractivity contribution in [3.05, 3.63) is 48.0 Å². The van der Waals surface area contributed by atoms with Crippen LogP contribution in [0.2, 0.25) is 0 Å². The first-order valence-electron chi connectivity index (χ1n) is 4.70. The fraction of sp³-hybridized carbons (Fsp3) is 0.250. The van der Waals surface area contributed by atoms with Crippen molar-refractivity contribution in [2.45, 2.75) is 13.3 Å². The molecule has 0 bridgehead atoms. The van der Waals surface area contributed by atoms with Gasteiger partial charge in [-0.3, -0.25) is 4.79 Å². The van der Waals surface area contributed by atoms with Crippen LogP contribution in [0.3, 0.4) is 0 Å². The molecule has 0 saturated carbocycles. The number of nitrogens with two attached hydrogens (primary N) is 1. The minimum Gasteiger partial charge on any atom is -0.369 e. The van der Waals surface area contributed by atoms with E-state index in [4.69, 9.17) is 5.73 Å². The van der Waals surface area contributed by atoms with Crippen molar-refractivity contribution in [1.82, 2.24) is 0 Å². The summed E-state index contributed by atoms with van der Waals surface area (Å²) < 4.78 is 0. The molecule has 0 saturated heterocycles. The highest BCUT2D eigenvalue weighted by molar-refractivity contribution is 5.78. The van der Waals surface area contributed by atoms with E-state index in [1.807, 2.05) is 49.4 Å². The molecule has 1 atom stereocenters. The molecule has 1 aromatic carbocycles. The average molecular weight is 189 g/mol. The van der Waals surface area contributed by atoms with E-state index in [0.717, 1.165) is 5.56 Å². The molecule has 0 aliphatic heterocycles. The fourth-order valence-electron chi connectivity index (χ4n) is 1.36. The Morgan fingerprint density at radius 2 is 2.07 bits per heavy atom. The zero-order valence-corrected chi connectivity index (χ0v) is 8.31. The first-order valence-corrected chi connectivity index (χ1v) is 4.70. The molecule has 14 heavy (non-hydrogen) atoms. The Morgan fingerprint density at radius 3 is 2.57 bits per heavy atom. The van der Waals surface area contributed by atoms with Gasteiger partial charge in [0.25, 0.3) is 0 Å². The maximum Gasteiger partial charge on any atom is 0.224 e. The fourth-order valence-corrected chi connectivity index (χ4v) is 1.36. The molecule has 1 amide bonds. The number of rotatable bonds is 4. The number of carbonyl (C=O) groups is 1. The second kappa shape index (κ2) is 5.22. The molecule has 0 fully saturated rings. The van der Waals surface area contributed by atoms with E-state index < -0.39 is 0 Å². The normalized spacial score (nSPS) is 12.9. The second-order valence-electron chi connectivity index (χ2n) is 3.22. The molecule has 0 heterocycles. The topological polar surface area (TPSA) is 43.1 Å². The van der Waals surface area contributed by atoms with Gasteiger partial charge in [-0.2, -0.15) is 0 Å². The van der Waals surface area contributed by atoms with Crippen molar-refractivity contribution in [2.75, 3.05) is 0 Å². The van der Waals surface area contributed by atoms with Gasteiger partial charge in [-0.1, -0.05) is 42.5 Å². The molecule has 1 rings (SSSR count). The van der Waals surface area contributed by atoms with Crippen LogP contribution in [0.1, 0.15) is 12.5 Å². The summed E-state index contributed by atoms with van der Waals surface area (Å²) in [6, 6.07) is 9.88. The highest BCUT2D eigenvalue weighted by Gasteiger charge is 2.11. The van der Waals surface area contributed by atoms with Crippen molar-refractivity contribution in [1.29, 1.82) is 0 Å². The van der Waals surface area contributed by atoms with Crippen LogP contribution in [0.25, 0.3) is 0 Å². The van der Waals surface area contributed by atoms with Crippen LogP contribution in [0, 0.1) is 5.92 Å². The predicted molar refractivity (Wildman–Crippen MR) is 57.6 cm³/mol. The molecule has 0 aliphatic carbocycles. The van der Waals surface area contributed by atoms with E-state index in [2.05, 4.69) is 0 Å². The quantitative estimate of drug-likeness (QED) is 0.722. The van der Waals surface area contributed by atoms with E-state index in [9.17, 15) is 4.79 Å². The summed E-state index contributed by atoms with van der Waals surface area (Å²) >= 11 is 0. The lowest BCUT2D eigenvalue weighted by Crippen LogP contribution is -2.23. The molecule has 1 aromatic rings. The maximum absolute atomic E-state index is 11.1. The summed E-state index contributed by atoms with van der Waals surface area (Å²) in [4.78, 5) is 11.1. The molecule has 2 heteroatoms. The molecule has 0 radical (unpaired) electrons. The van der Waals surface area contributed by atoms with Crippen molar-refractivity contribution in [3.8, 4) is 0 Å². The minimum absolute atomic E-state index is 0.192. The van der Waals surface area contributed by atoms with Gasteiger partial charge in [0.2, 0.25) is 5.91 Å². The van der Waals surface area contributed by atoms with Gasteiger partial charge in [0.05, 0.1) is 5.92 Å². The van der Waals surface area contributed by atoms with E-state index in [-0.39, 0.29) is 11.8 Å². The zero-order chi connectivity index (χ0) is 10.4. The van der Waals surface area contributed by atoms with E-state index in [1.165, 1.54) is 0 Å². The van der Waals surface area contributed by atoms with Gasteiger partial charge >= 0.3 is 0 Å². The number of hydrogen-bond donors (Lipinski definition) is 1. The lowest BCUT2D eigenvalue weighted by Gasteiger charge is -2.07. The van der Waals surface area contributed by atoms with Gasteiger partial charge in [0.1, 0.15) is 0 Å². The molecule has 0 aromatic heterocycles. The molecule has 0 unspecified atom stereocenters. The molecule has 2 nitrogen and oxygen atoms in total. The van der Waals surface area contributed by atoms with Crippen LogP contribution < -0.4 is 5.73 Å². The van der Waals surface area contributed by atoms with Gasteiger partial charge < -0.3 is 5.73 Å². The van der Waals surface area contributed by atoms with Gasteiger partial charge in [-0.25, -0.2) is 0 Å². The Labute approximate surface area is 84.4 Å². The highest BCUT2D eigenvalue weighted by atomic mass is 16.1. The van der Waals surface area contributed by atoms with Crippen molar-refractivity contribution < 1.29 is 4.79 Å². The van der Waals surface area contributed by atoms with Crippen LogP contribution in [-0.2, 0) is 11.2 Å². The Balaban J connectivity index is 2.70. The summed E-state index contributed by atoms with van der Waals surface area (Å²) in [5.41, 5.74) is 6.41. The third-order valence-electron chi connectivity index (χ3n) is 2.09. The van der Waals surface area contributed by atoms with Gasteiger partial charge in [-0.15, -0.1) is 0 Å². The Bertz CT molecular complexity index is 316. The highest BCUT2D eigenvalue weighted by Crippen LogP contribution is 2.09. The monoisotopic (exact) mass is 189 g/mol. The summed E-state index contributed by atoms with van der Waals surface area (Å²) in [5.74, 6) is -0.464. The second-order valence-corrected chi connectivity index (χ2v) is 3.22. The van der Waals surface area contributed by atoms with E-state index in [0.29, 0.717) is 6.42 Å². The lowest BCUT2D eigenvalue weighted by atomic mass is 9.98. The molecule has 74 valence electrons. The molecule has 2 N–H and O–H groups in total. The van der Waals surface area contributed by atoms with Crippen LogP contribution in [0.5, 0.6) is 0 Å². The largest absolute Gasteiger partial charge is 0.369 e. The SMILES string of the molecule is C/C=C\[C@H](Cc1ccccc1)C(N)=O. The van der Waals surface area contributed by atoms with Gasteiger partial charge in [-0.05, 0) is 18.9 Å². The summed E-state index contributed by atoms with van der Waals surface area (Å²) in [6.45, 7) is 1.89. The van der Waals surface area contributed by atoms with E-state index >= 15 is 0 Å². The third kappa shape index (κ3) is 3.05. The van der Waals surface area contributed by atoms with Crippen LogP contribution in [0.15, 0.2) is 42.5 Å². The summed E-state index contributed by atoms with van der Waals surface area (Å²) in [7, 11) is 0. The van der Waals surface area contributed by atoms with Crippen molar-refractivity contribution in [3.63, 3.8) is 0 Å². The number of primary amides is 1. The molecular weight excluding hydrogens is 174 g/mol. The summed E-state index contributed by atoms with van der Waals surface area (Å²) in [5, 5.41) is 0. The number of amides is 1. The van der Waals surface area contributed by atoms with Crippen LogP contribution in [-0.4, -0.2) is 5.91 Å². The minimum atomic E-state index is -0.271. The predicted octanol–water partition coefficient (Wildman–Crippen LogP) is 1.91. The standard InChI is InChI=1S/C12H15NO/c1-2-6-11(12(13)14)9-10-7-4-3-5-8-10/h2-8,11H,9H2,1H3,(H2,13,14)/b6-2-/t11-/m1/s1. The average Bonchev–Trinajstić information content (AvgIpc) is 2.18. The number of carbonyl (C=O) groups excluding carboxylic acids is 1. The number of allylic oxidation sites excluding steroid dienone is 1. The van der Waals surface area contributed by atoms with Crippen molar-refractivity contribution >= 4 is 5.91 Å². The van der Waals surface area contributed by atoms with Crippen molar-refractivity contribution in [2.24, 2.45) is 11.7 Å². The number of benzene rings is 1. The zero-order valence-electron chi connectivity index (χ0n) is 8.31. The summed E-state index contributed by atoms with van der Waals surface area (Å²) in [6.07, 6.45) is 4.38. The molecule has 0 spiro atoms.